The van der Waals surface area contributed by atoms with Crippen LogP contribution in [0, 0.1) is 0 Å². The molecule has 5 heteroatoms. The molecule has 0 heterocycles. The lowest BCUT2D eigenvalue weighted by Gasteiger charge is -2.12. The van der Waals surface area contributed by atoms with Crippen LogP contribution in [-0.2, 0) is 4.74 Å². The summed E-state index contributed by atoms with van der Waals surface area (Å²) in [5.74, 6) is 0. The molecule has 0 spiro atoms. The molecule has 0 radical (unpaired) electrons. The molecule has 0 rings (SSSR count). The molecule has 0 aliphatic heterocycles. The van der Waals surface area contributed by atoms with Gasteiger partial charge in [-0.2, -0.15) is 0 Å². The van der Waals surface area contributed by atoms with Gasteiger partial charge in [0.15, 0.2) is 6.29 Å². The maximum absolute atomic E-state index is 8.52. The highest BCUT2D eigenvalue weighted by Gasteiger charge is 2.20. The average molecular weight is 193 g/mol. The number of hydrogen-bond donors (Lipinski definition) is 1. The van der Waals surface area contributed by atoms with E-state index in [1.54, 1.807) is 0 Å². The van der Waals surface area contributed by atoms with Crippen LogP contribution in [0.2, 0.25) is 0 Å². The molecule has 0 aromatic carbocycles. The molecule has 9 heavy (non-hydrogen) atoms. The Hall–Kier alpha value is 0.790. The third-order valence-electron chi connectivity index (χ3n) is 0.488. The maximum Gasteiger partial charge on any atom is 0.213 e. The summed E-state index contributed by atoms with van der Waals surface area (Å²) in [6.07, 6.45) is -0.888. The standard InChI is InChI=1S/C4H7Cl3O2/c1-3(8)9-2-4(5,6)7/h3,8H,2H2,1H3. The Kier molecular flexibility index (Phi) is 4.17. The van der Waals surface area contributed by atoms with Gasteiger partial charge < -0.3 is 9.84 Å². The molecule has 2 nitrogen and oxygen atoms in total. The van der Waals surface area contributed by atoms with E-state index in [1.807, 2.05) is 0 Å². The second-order valence-corrected chi connectivity index (χ2v) is 4.04. The lowest BCUT2D eigenvalue weighted by Crippen LogP contribution is -2.18. The normalized spacial score (nSPS) is 15.7. The molecule has 0 aliphatic carbocycles. The number of halogens is 3. The lowest BCUT2D eigenvalue weighted by molar-refractivity contribution is -0.0832. The first-order valence-corrected chi connectivity index (χ1v) is 3.41. The summed E-state index contributed by atoms with van der Waals surface area (Å²) in [6.45, 7) is 1.34. The van der Waals surface area contributed by atoms with Crippen LogP contribution in [0.3, 0.4) is 0 Å². The fourth-order valence-corrected chi connectivity index (χ4v) is 0.404. The molecule has 1 N–H and O–H groups in total. The molecule has 1 atom stereocenters. The van der Waals surface area contributed by atoms with Crippen molar-refractivity contribution >= 4 is 34.8 Å². The number of ether oxygens (including phenoxy) is 1. The quantitative estimate of drug-likeness (QED) is 0.534. The van der Waals surface area contributed by atoms with Gasteiger partial charge in [-0.05, 0) is 6.92 Å². The van der Waals surface area contributed by atoms with Gasteiger partial charge in [-0.3, -0.25) is 0 Å². The Morgan fingerprint density at radius 2 is 2.00 bits per heavy atom. The van der Waals surface area contributed by atoms with Crippen LogP contribution >= 0.6 is 34.8 Å². The van der Waals surface area contributed by atoms with E-state index in [0.717, 1.165) is 0 Å². The zero-order valence-electron chi connectivity index (χ0n) is 4.77. The summed E-state index contributed by atoms with van der Waals surface area (Å²) in [5, 5.41) is 8.52. The summed E-state index contributed by atoms with van der Waals surface area (Å²) < 4.78 is 3.13. The van der Waals surface area contributed by atoms with E-state index >= 15 is 0 Å². The van der Waals surface area contributed by atoms with Crippen LogP contribution in [0.4, 0.5) is 0 Å². The topological polar surface area (TPSA) is 29.5 Å². The molecule has 0 fully saturated rings. The third kappa shape index (κ3) is 8.79. The summed E-state index contributed by atoms with van der Waals surface area (Å²) >= 11 is 15.8. The highest BCUT2D eigenvalue weighted by molar-refractivity contribution is 6.67. The molecule has 0 saturated heterocycles. The molecule has 0 amide bonds. The molecular formula is C4H7Cl3O2. The second-order valence-electron chi connectivity index (χ2n) is 1.53. The first-order chi connectivity index (χ1) is 3.92. The fourth-order valence-electron chi connectivity index (χ4n) is 0.215. The van der Waals surface area contributed by atoms with Gasteiger partial charge in [0.1, 0.15) is 0 Å². The van der Waals surface area contributed by atoms with Gasteiger partial charge in [0.25, 0.3) is 0 Å². The predicted octanol–water partition coefficient (Wildman–Crippen LogP) is 1.71. The van der Waals surface area contributed by atoms with Crippen molar-refractivity contribution < 1.29 is 9.84 Å². The van der Waals surface area contributed by atoms with Crippen LogP contribution < -0.4 is 0 Å². The maximum atomic E-state index is 8.52. The SMILES string of the molecule is CC(O)OCC(Cl)(Cl)Cl. The van der Waals surface area contributed by atoms with Gasteiger partial charge in [-0.1, -0.05) is 34.8 Å². The molecule has 56 valence electrons. The van der Waals surface area contributed by atoms with Crippen molar-refractivity contribution in [3.63, 3.8) is 0 Å². The monoisotopic (exact) mass is 192 g/mol. The average Bonchev–Trinajstić information content (AvgIpc) is 1.59. The first-order valence-electron chi connectivity index (χ1n) is 2.28. The van der Waals surface area contributed by atoms with E-state index in [0.29, 0.717) is 0 Å². The van der Waals surface area contributed by atoms with E-state index in [4.69, 9.17) is 39.9 Å². The van der Waals surface area contributed by atoms with Crippen LogP contribution in [0.5, 0.6) is 0 Å². The Bertz CT molecular complexity index is 78.4. The zero-order chi connectivity index (χ0) is 7.49. The van der Waals surface area contributed by atoms with Crippen LogP contribution in [0.15, 0.2) is 0 Å². The van der Waals surface area contributed by atoms with Gasteiger partial charge in [0, 0.05) is 0 Å². The van der Waals surface area contributed by atoms with Gasteiger partial charge in [0.2, 0.25) is 3.79 Å². The van der Waals surface area contributed by atoms with E-state index in [1.165, 1.54) is 6.92 Å². The Balaban J connectivity index is 3.28. The molecule has 0 bridgehead atoms. The van der Waals surface area contributed by atoms with Crippen molar-refractivity contribution in [2.75, 3.05) is 6.61 Å². The highest BCUT2D eigenvalue weighted by Crippen LogP contribution is 2.26. The molecule has 0 aromatic heterocycles. The predicted molar refractivity (Wildman–Crippen MR) is 37.9 cm³/mol. The van der Waals surface area contributed by atoms with Gasteiger partial charge in [0.05, 0.1) is 6.61 Å². The van der Waals surface area contributed by atoms with Crippen molar-refractivity contribution in [3.8, 4) is 0 Å². The van der Waals surface area contributed by atoms with Crippen molar-refractivity contribution in [2.24, 2.45) is 0 Å². The lowest BCUT2D eigenvalue weighted by atomic mass is 10.7. The molecule has 0 aromatic rings. The minimum absolute atomic E-state index is 0.102. The number of hydrogen-bond acceptors (Lipinski definition) is 2. The van der Waals surface area contributed by atoms with Crippen LogP contribution in [0.1, 0.15) is 6.92 Å². The number of aliphatic hydroxyl groups is 1. The summed E-state index contributed by atoms with van der Waals surface area (Å²) in [7, 11) is 0. The number of alkyl halides is 3. The fraction of sp³-hybridized carbons (Fsp3) is 1.00. The van der Waals surface area contributed by atoms with Gasteiger partial charge >= 0.3 is 0 Å². The van der Waals surface area contributed by atoms with Crippen molar-refractivity contribution in [2.45, 2.75) is 17.0 Å². The van der Waals surface area contributed by atoms with E-state index in [9.17, 15) is 0 Å². The summed E-state index contributed by atoms with van der Waals surface area (Å²) in [6, 6.07) is 0. The number of aliphatic hydroxyl groups excluding tert-OH is 1. The van der Waals surface area contributed by atoms with E-state index in [2.05, 4.69) is 4.74 Å². The first kappa shape index (κ1) is 9.79. The molecular weight excluding hydrogens is 186 g/mol. The molecule has 0 saturated carbocycles. The highest BCUT2D eigenvalue weighted by atomic mass is 35.6. The van der Waals surface area contributed by atoms with Crippen molar-refractivity contribution in [1.82, 2.24) is 0 Å². The Labute approximate surface area is 68.7 Å². The van der Waals surface area contributed by atoms with Crippen LogP contribution in [0.25, 0.3) is 0 Å². The largest absolute Gasteiger partial charge is 0.368 e. The van der Waals surface area contributed by atoms with Gasteiger partial charge in [-0.25, -0.2) is 0 Å². The molecule has 0 aliphatic rings. The number of rotatable bonds is 2. The van der Waals surface area contributed by atoms with E-state index in [-0.39, 0.29) is 6.61 Å². The molecule has 1 unspecified atom stereocenters. The van der Waals surface area contributed by atoms with Gasteiger partial charge in [-0.15, -0.1) is 0 Å². The smallest absolute Gasteiger partial charge is 0.213 e. The third-order valence-corrected chi connectivity index (χ3v) is 0.816. The van der Waals surface area contributed by atoms with Crippen LogP contribution in [-0.4, -0.2) is 21.8 Å². The Morgan fingerprint density at radius 3 is 2.11 bits per heavy atom. The Morgan fingerprint density at radius 1 is 1.56 bits per heavy atom. The second kappa shape index (κ2) is 3.84. The zero-order valence-corrected chi connectivity index (χ0v) is 7.04. The van der Waals surface area contributed by atoms with E-state index < -0.39 is 10.1 Å². The van der Waals surface area contributed by atoms with Crippen molar-refractivity contribution in [1.29, 1.82) is 0 Å². The summed E-state index contributed by atoms with van der Waals surface area (Å²) in [5.41, 5.74) is 0. The summed E-state index contributed by atoms with van der Waals surface area (Å²) in [4.78, 5) is 0. The van der Waals surface area contributed by atoms with Crippen molar-refractivity contribution in [3.05, 3.63) is 0 Å². The minimum Gasteiger partial charge on any atom is -0.368 e. The minimum atomic E-state index is -1.43.